The molecule has 0 spiro atoms. The van der Waals surface area contributed by atoms with Gasteiger partial charge in [0.05, 0.1) is 7.11 Å². The Bertz CT molecular complexity index is 464. The first kappa shape index (κ1) is 12.4. The molecule has 2 aliphatic rings. The highest BCUT2D eigenvalue weighted by atomic mass is 16.5. The number of rotatable bonds is 2. The molecule has 0 bridgehead atoms. The molecule has 1 aromatic rings. The smallest absolute Gasteiger partial charge is 0.341 e. The van der Waals surface area contributed by atoms with Crippen molar-refractivity contribution in [2.45, 2.75) is 18.9 Å². The van der Waals surface area contributed by atoms with Gasteiger partial charge in [0.2, 0.25) is 0 Å². The number of ether oxygens (including phenoxy) is 1. The fourth-order valence-corrected chi connectivity index (χ4v) is 3.14. The Morgan fingerprint density at radius 2 is 2.42 bits per heavy atom. The molecule has 2 fully saturated rings. The number of fused-ring (bicyclic) bond motifs is 1. The predicted molar refractivity (Wildman–Crippen MR) is 72.3 cm³/mol. The van der Waals surface area contributed by atoms with E-state index in [1.54, 1.807) is 18.3 Å². The lowest BCUT2D eigenvalue weighted by molar-refractivity contribution is 0.0601. The van der Waals surface area contributed by atoms with Gasteiger partial charge in [-0.15, -0.1) is 0 Å². The standard InChI is InChI=1S/C14H19N3O2/c1-19-14(18)11-5-3-7-16-13(11)17-8-10-4-2-6-15-12(10)9-17/h3,5,7,10,12,15H,2,4,6,8-9H2,1H3/t10-,12+/m0/s1. The number of carbonyl (C=O) groups excluding carboxylic acids is 1. The maximum Gasteiger partial charge on any atom is 0.341 e. The number of pyridine rings is 1. The lowest BCUT2D eigenvalue weighted by Gasteiger charge is -2.24. The van der Waals surface area contributed by atoms with Crippen LogP contribution in [0.1, 0.15) is 23.2 Å². The molecule has 5 nitrogen and oxygen atoms in total. The van der Waals surface area contributed by atoms with Crippen molar-refractivity contribution in [3.05, 3.63) is 23.9 Å². The molecular formula is C14H19N3O2. The molecule has 0 aliphatic carbocycles. The molecule has 2 saturated heterocycles. The van der Waals surface area contributed by atoms with Crippen LogP contribution in [0.4, 0.5) is 5.82 Å². The lowest BCUT2D eigenvalue weighted by Crippen LogP contribution is -2.40. The zero-order valence-corrected chi connectivity index (χ0v) is 11.1. The van der Waals surface area contributed by atoms with Gasteiger partial charge in [-0.1, -0.05) is 0 Å². The minimum absolute atomic E-state index is 0.314. The zero-order chi connectivity index (χ0) is 13.2. The number of anilines is 1. The van der Waals surface area contributed by atoms with E-state index in [1.165, 1.54) is 20.0 Å². The quantitative estimate of drug-likeness (QED) is 0.807. The Kier molecular flexibility index (Phi) is 3.38. The van der Waals surface area contributed by atoms with E-state index >= 15 is 0 Å². The van der Waals surface area contributed by atoms with Crippen molar-refractivity contribution < 1.29 is 9.53 Å². The van der Waals surface area contributed by atoms with Crippen molar-refractivity contribution in [2.75, 3.05) is 31.6 Å². The van der Waals surface area contributed by atoms with Crippen molar-refractivity contribution in [2.24, 2.45) is 5.92 Å². The van der Waals surface area contributed by atoms with Crippen LogP contribution in [-0.4, -0.2) is 43.7 Å². The van der Waals surface area contributed by atoms with Gasteiger partial charge in [0.1, 0.15) is 11.4 Å². The van der Waals surface area contributed by atoms with Crippen LogP contribution in [0.2, 0.25) is 0 Å². The molecule has 3 rings (SSSR count). The molecule has 3 heterocycles. The van der Waals surface area contributed by atoms with E-state index < -0.39 is 0 Å². The third-order valence-corrected chi connectivity index (χ3v) is 4.09. The molecule has 1 aromatic heterocycles. The number of carbonyl (C=O) groups is 1. The monoisotopic (exact) mass is 261 g/mol. The van der Waals surface area contributed by atoms with Gasteiger partial charge in [0.15, 0.2) is 0 Å². The van der Waals surface area contributed by atoms with Crippen LogP contribution in [0.3, 0.4) is 0 Å². The van der Waals surface area contributed by atoms with E-state index in [2.05, 4.69) is 15.2 Å². The Hall–Kier alpha value is -1.62. The Balaban J connectivity index is 1.85. The van der Waals surface area contributed by atoms with Crippen molar-refractivity contribution in [1.29, 1.82) is 0 Å². The molecule has 0 aromatic carbocycles. The summed E-state index contributed by atoms with van der Waals surface area (Å²) in [7, 11) is 1.41. The van der Waals surface area contributed by atoms with Gasteiger partial charge in [-0.3, -0.25) is 0 Å². The Morgan fingerprint density at radius 1 is 1.53 bits per heavy atom. The van der Waals surface area contributed by atoms with Gasteiger partial charge >= 0.3 is 5.97 Å². The number of nitrogens with zero attached hydrogens (tertiary/aromatic N) is 2. The van der Waals surface area contributed by atoms with E-state index in [4.69, 9.17) is 4.74 Å². The summed E-state index contributed by atoms with van der Waals surface area (Å²) in [5, 5.41) is 3.56. The summed E-state index contributed by atoms with van der Waals surface area (Å²) in [5.74, 6) is 1.11. The fourth-order valence-electron chi connectivity index (χ4n) is 3.14. The highest BCUT2D eigenvalue weighted by Gasteiger charge is 2.36. The molecule has 1 N–H and O–H groups in total. The highest BCUT2D eigenvalue weighted by molar-refractivity contribution is 5.94. The zero-order valence-electron chi connectivity index (χ0n) is 11.1. The van der Waals surface area contributed by atoms with Crippen LogP contribution in [0.25, 0.3) is 0 Å². The highest BCUT2D eigenvalue weighted by Crippen LogP contribution is 2.29. The molecule has 5 heteroatoms. The summed E-state index contributed by atoms with van der Waals surface area (Å²) in [6.45, 7) is 2.99. The first-order valence-corrected chi connectivity index (χ1v) is 6.81. The van der Waals surface area contributed by atoms with Crippen molar-refractivity contribution >= 4 is 11.8 Å². The Labute approximate surface area is 113 Å². The summed E-state index contributed by atoms with van der Waals surface area (Å²) in [6.07, 6.45) is 4.23. The second-order valence-corrected chi connectivity index (χ2v) is 5.23. The molecule has 0 amide bonds. The molecule has 2 aliphatic heterocycles. The number of piperidine rings is 1. The average molecular weight is 261 g/mol. The number of aromatic nitrogens is 1. The van der Waals surface area contributed by atoms with E-state index in [0.717, 1.165) is 25.5 Å². The number of nitrogens with one attached hydrogen (secondary N) is 1. The second kappa shape index (κ2) is 5.17. The van der Waals surface area contributed by atoms with Gasteiger partial charge < -0.3 is 15.0 Å². The van der Waals surface area contributed by atoms with Gasteiger partial charge in [0.25, 0.3) is 0 Å². The molecule has 0 saturated carbocycles. The first-order chi connectivity index (χ1) is 9.29. The van der Waals surface area contributed by atoms with E-state index in [1.807, 2.05) is 0 Å². The summed E-state index contributed by atoms with van der Waals surface area (Å²) in [5.41, 5.74) is 0.559. The molecule has 0 unspecified atom stereocenters. The van der Waals surface area contributed by atoms with E-state index in [0.29, 0.717) is 17.5 Å². The lowest BCUT2D eigenvalue weighted by atomic mass is 9.94. The topological polar surface area (TPSA) is 54.5 Å². The minimum Gasteiger partial charge on any atom is -0.465 e. The minimum atomic E-state index is -0.314. The number of hydrogen-bond acceptors (Lipinski definition) is 5. The fraction of sp³-hybridized carbons (Fsp3) is 0.571. The summed E-state index contributed by atoms with van der Waals surface area (Å²) in [6, 6.07) is 4.09. The van der Waals surface area contributed by atoms with Crippen LogP contribution in [0, 0.1) is 5.92 Å². The molecule has 102 valence electrons. The molecule has 19 heavy (non-hydrogen) atoms. The van der Waals surface area contributed by atoms with E-state index in [-0.39, 0.29) is 5.97 Å². The third kappa shape index (κ3) is 2.30. The Morgan fingerprint density at radius 3 is 3.21 bits per heavy atom. The van der Waals surface area contributed by atoms with Gasteiger partial charge in [-0.25, -0.2) is 9.78 Å². The molecular weight excluding hydrogens is 242 g/mol. The molecule has 0 radical (unpaired) electrons. The summed E-state index contributed by atoms with van der Waals surface area (Å²) >= 11 is 0. The van der Waals surface area contributed by atoms with Crippen LogP contribution in [0.15, 0.2) is 18.3 Å². The van der Waals surface area contributed by atoms with Crippen LogP contribution >= 0.6 is 0 Å². The van der Waals surface area contributed by atoms with Crippen molar-refractivity contribution in [3.8, 4) is 0 Å². The SMILES string of the molecule is COC(=O)c1cccnc1N1C[C@@H]2CCCN[C@@H]2C1. The van der Waals surface area contributed by atoms with Crippen LogP contribution in [-0.2, 0) is 4.74 Å². The number of hydrogen-bond donors (Lipinski definition) is 1. The summed E-state index contributed by atoms with van der Waals surface area (Å²) < 4.78 is 4.83. The van der Waals surface area contributed by atoms with E-state index in [9.17, 15) is 4.79 Å². The average Bonchev–Trinajstić information content (AvgIpc) is 2.90. The van der Waals surface area contributed by atoms with Crippen LogP contribution < -0.4 is 10.2 Å². The number of esters is 1. The summed E-state index contributed by atoms with van der Waals surface area (Å²) in [4.78, 5) is 18.4. The van der Waals surface area contributed by atoms with Gasteiger partial charge in [-0.05, 0) is 37.4 Å². The first-order valence-electron chi connectivity index (χ1n) is 6.81. The maximum absolute atomic E-state index is 11.8. The molecule has 2 atom stereocenters. The predicted octanol–water partition coefficient (Wildman–Crippen LogP) is 1.06. The van der Waals surface area contributed by atoms with Crippen molar-refractivity contribution in [3.63, 3.8) is 0 Å². The van der Waals surface area contributed by atoms with Crippen molar-refractivity contribution in [1.82, 2.24) is 10.3 Å². The largest absolute Gasteiger partial charge is 0.465 e. The van der Waals surface area contributed by atoms with Gasteiger partial charge in [-0.2, -0.15) is 0 Å². The second-order valence-electron chi connectivity index (χ2n) is 5.23. The number of methoxy groups -OCH3 is 1. The van der Waals surface area contributed by atoms with Crippen LogP contribution in [0.5, 0.6) is 0 Å². The third-order valence-electron chi connectivity index (χ3n) is 4.09. The van der Waals surface area contributed by atoms with Gasteiger partial charge in [0, 0.05) is 25.3 Å². The maximum atomic E-state index is 11.8. The normalized spacial score (nSPS) is 26.1.